The number of hydrogen-bond acceptors (Lipinski definition) is 4. The van der Waals surface area contributed by atoms with Crippen LogP contribution in [0.2, 0.25) is 5.02 Å². The Kier molecular flexibility index (Phi) is 5.98. The molecule has 2 saturated heterocycles. The Bertz CT molecular complexity index is 552. The molecule has 0 bridgehead atoms. The summed E-state index contributed by atoms with van der Waals surface area (Å²) < 4.78 is 0. The maximum Gasteiger partial charge on any atom is 0.236 e. The minimum atomic E-state index is 0.269. The summed E-state index contributed by atoms with van der Waals surface area (Å²) in [4.78, 5) is 21.6. The fourth-order valence-electron chi connectivity index (χ4n) is 3.44. The van der Waals surface area contributed by atoms with Gasteiger partial charge in [-0.05, 0) is 24.7 Å². The van der Waals surface area contributed by atoms with Gasteiger partial charge in [-0.15, -0.1) is 0 Å². The lowest BCUT2D eigenvalue weighted by molar-refractivity contribution is -0.133. The zero-order chi connectivity index (χ0) is 16.9. The highest BCUT2D eigenvalue weighted by molar-refractivity contribution is 6.30. The van der Waals surface area contributed by atoms with E-state index in [-0.39, 0.29) is 5.91 Å². The van der Waals surface area contributed by atoms with Crippen LogP contribution >= 0.6 is 11.6 Å². The minimum absolute atomic E-state index is 0.269. The lowest BCUT2D eigenvalue weighted by atomic mass is 10.2. The van der Waals surface area contributed by atoms with Gasteiger partial charge in [-0.3, -0.25) is 9.69 Å². The Labute approximate surface area is 149 Å². The summed E-state index contributed by atoms with van der Waals surface area (Å²) in [5.41, 5.74) is 1.14. The second kappa shape index (κ2) is 8.19. The molecule has 0 atom stereocenters. The van der Waals surface area contributed by atoms with Gasteiger partial charge in [0.2, 0.25) is 5.91 Å². The Morgan fingerprint density at radius 2 is 1.67 bits per heavy atom. The SMILES string of the molecule is CCN1CCN(CC(=O)N2CCN(c3cccc(Cl)c3)CC2)CC1. The minimum Gasteiger partial charge on any atom is -0.368 e. The van der Waals surface area contributed by atoms with Crippen molar-refractivity contribution in [2.45, 2.75) is 6.92 Å². The van der Waals surface area contributed by atoms with Gasteiger partial charge in [0, 0.05) is 63.1 Å². The van der Waals surface area contributed by atoms with Gasteiger partial charge in [-0.2, -0.15) is 0 Å². The summed E-state index contributed by atoms with van der Waals surface area (Å²) >= 11 is 6.07. The number of amides is 1. The first kappa shape index (κ1) is 17.5. The van der Waals surface area contributed by atoms with Crippen molar-refractivity contribution in [3.05, 3.63) is 29.3 Å². The van der Waals surface area contributed by atoms with Crippen molar-refractivity contribution >= 4 is 23.2 Å². The van der Waals surface area contributed by atoms with Crippen LogP contribution in [-0.4, -0.2) is 86.1 Å². The largest absolute Gasteiger partial charge is 0.368 e. The molecule has 0 aliphatic carbocycles. The predicted octanol–water partition coefficient (Wildman–Crippen LogP) is 1.63. The van der Waals surface area contributed by atoms with E-state index in [9.17, 15) is 4.79 Å². The second-order valence-corrected chi connectivity index (χ2v) is 6.99. The third-order valence-corrected chi connectivity index (χ3v) is 5.31. The molecule has 2 aliphatic rings. The zero-order valence-corrected chi connectivity index (χ0v) is 15.2. The maximum atomic E-state index is 12.5. The molecule has 0 radical (unpaired) electrons. The van der Waals surface area contributed by atoms with Crippen LogP contribution in [0.15, 0.2) is 24.3 Å². The number of benzene rings is 1. The smallest absolute Gasteiger partial charge is 0.236 e. The van der Waals surface area contributed by atoms with Gasteiger partial charge >= 0.3 is 0 Å². The van der Waals surface area contributed by atoms with Gasteiger partial charge < -0.3 is 14.7 Å². The van der Waals surface area contributed by atoms with E-state index in [0.29, 0.717) is 6.54 Å². The molecule has 2 aliphatic heterocycles. The number of hydrogen-bond donors (Lipinski definition) is 0. The summed E-state index contributed by atoms with van der Waals surface area (Å²) in [7, 11) is 0. The maximum absolute atomic E-state index is 12.5. The molecule has 132 valence electrons. The topological polar surface area (TPSA) is 30.0 Å². The summed E-state index contributed by atoms with van der Waals surface area (Å²) in [6.07, 6.45) is 0. The number of rotatable bonds is 4. The van der Waals surface area contributed by atoms with Crippen molar-refractivity contribution in [2.24, 2.45) is 0 Å². The average molecular weight is 351 g/mol. The van der Waals surface area contributed by atoms with Gasteiger partial charge in [-0.1, -0.05) is 24.6 Å². The van der Waals surface area contributed by atoms with E-state index in [0.717, 1.165) is 69.6 Å². The number of likely N-dealkylation sites (N-methyl/N-ethyl adjacent to an activating group) is 1. The summed E-state index contributed by atoms with van der Waals surface area (Å²) in [5, 5.41) is 0.761. The van der Waals surface area contributed by atoms with E-state index in [1.807, 2.05) is 23.1 Å². The molecule has 1 aromatic carbocycles. The average Bonchev–Trinajstić information content (AvgIpc) is 2.62. The zero-order valence-electron chi connectivity index (χ0n) is 14.5. The molecule has 0 saturated carbocycles. The fourth-order valence-corrected chi connectivity index (χ4v) is 3.63. The first-order valence-corrected chi connectivity index (χ1v) is 9.26. The van der Waals surface area contributed by atoms with Crippen LogP contribution in [0.3, 0.4) is 0 Å². The molecule has 5 nitrogen and oxygen atoms in total. The molecule has 0 unspecified atom stereocenters. The van der Waals surface area contributed by atoms with Crippen molar-refractivity contribution in [2.75, 3.05) is 70.3 Å². The first-order valence-electron chi connectivity index (χ1n) is 8.88. The highest BCUT2D eigenvalue weighted by Gasteiger charge is 2.24. The Hall–Kier alpha value is -1.30. The van der Waals surface area contributed by atoms with Gasteiger partial charge in [0.25, 0.3) is 0 Å². The molecule has 0 aromatic heterocycles. The van der Waals surface area contributed by atoms with Crippen molar-refractivity contribution in [1.82, 2.24) is 14.7 Å². The summed E-state index contributed by atoms with van der Waals surface area (Å²) in [6, 6.07) is 7.94. The molecule has 0 spiro atoms. The molecule has 24 heavy (non-hydrogen) atoms. The van der Waals surface area contributed by atoms with E-state index < -0.39 is 0 Å². The second-order valence-electron chi connectivity index (χ2n) is 6.56. The van der Waals surface area contributed by atoms with E-state index in [4.69, 9.17) is 11.6 Å². The fraction of sp³-hybridized carbons (Fsp3) is 0.611. The third kappa shape index (κ3) is 4.41. The molecule has 3 rings (SSSR count). The first-order chi connectivity index (χ1) is 11.7. The highest BCUT2D eigenvalue weighted by atomic mass is 35.5. The van der Waals surface area contributed by atoms with Gasteiger partial charge in [0.05, 0.1) is 6.54 Å². The molecule has 2 heterocycles. The van der Waals surface area contributed by atoms with Crippen LogP contribution in [0.4, 0.5) is 5.69 Å². The highest BCUT2D eigenvalue weighted by Crippen LogP contribution is 2.20. The molecule has 2 fully saturated rings. The van der Waals surface area contributed by atoms with E-state index in [1.54, 1.807) is 0 Å². The third-order valence-electron chi connectivity index (χ3n) is 5.08. The molecular weight excluding hydrogens is 324 g/mol. The number of nitrogens with zero attached hydrogens (tertiary/aromatic N) is 4. The quantitative estimate of drug-likeness (QED) is 0.825. The van der Waals surface area contributed by atoms with Crippen LogP contribution in [0.1, 0.15) is 6.92 Å². The van der Waals surface area contributed by atoms with Gasteiger partial charge in [0.15, 0.2) is 0 Å². The van der Waals surface area contributed by atoms with Crippen molar-refractivity contribution in [3.8, 4) is 0 Å². The Balaban J connectivity index is 1.45. The molecule has 6 heteroatoms. The van der Waals surface area contributed by atoms with Gasteiger partial charge in [-0.25, -0.2) is 0 Å². The van der Waals surface area contributed by atoms with E-state index in [2.05, 4.69) is 27.7 Å². The number of piperazine rings is 2. The van der Waals surface area contributed by atoms with Crippen LogP contribution in [0.5, 0.6) is 0 Å². The van der Waals surface area contributed by atoms with E-state index in [1.165, 1.54) is 0 Å². The number of halogens is 1. The molecule has 1 amide bonds. The van der Waals surface area contributed by atoms with Crippen molar-refractivity contribution in [3.63, 3.8) is 0 Å². The lowest BCUT2D eigenvalue weighted by Gasteiger charge is -2.38. The molecule has 1 aromatic rings. The van der Waals surface area contributed by atoms with Crippen molar-refractivity contribution < 1.29 is 4.79 Å². The number of carbonyl (C=O) groups is 1. The molecule has 0 N–H and O–H groups in total. The Morgan fingerprint density at radius 1 is 1.00 bits per heavy atom. The summed E-state index contributed by atoms with van der Waals surface area (Å²) in [6.45, 7) is 11.3. The van der Waals surface area contributed by atoms with Crippen molar-refractivity contribution in [1.29, 1.82) is 0 Å². The van der Waals surface area contributed by atoms with Crippen LogP contribution in [0.25, 0.3) is 0 Å². The Morgan fingerprint density at radius 3 is 2.29 bits per heavy atom. The predicted molar refractivity (Wildman–Crippen MR) is 98.8 cm³/mol. The monoisotopic (exact) mass is 350 g/mol. The van der Waals surface area contributed by atoms with Crippen LogP contribution < -0.4 is 4.90 Å². The lowest BCUT2D eigenvalue weighted by Crippen LogP contribution is -2.53. The number of carbonyl (C=O) groups excluding carboxylic acids is 1. The van der Waals surface area contributed by atoms with E-state index >= 15 is 0 Å². The summed E-state index contributed by atoms with van der Waals surface area (Å²) in [5.74, 6) is 0.269. The number of anilines is 1. The van der Waals surface area contributed by atoms with Crippen LogP contribution in [0, 0.1) is 0 Å². The van der Waals surface area contributed by atoms with Gasteiger partial charge in [0.1, 0.15) is 0 Å². The molecular formula is C18H27ClN4O. The van der Waals surface area contributed by atoms with Crippen LogP contribution in [-0.2, 0) is 4.79 Å². The standard InChI is InChI=1S/C18H27ClN4O/c1-2-20-6-8-21(9-7-20)15-18(24)23-12-10-22(11-13-23)17-5-3-4-16(19)14-17/h3-5,14H,2,6-13,15H2,1H3. The normalized spacial score (nSPS) is 20.4.